The highest BCUT2D eigenvalue weighted by Crippen LogP contribution is 2.22. The van der Waals surface area contributed by atoms with E-state index in [9.17, 15) is 0 Å². The predicted octanol–water partition coefficient (Wildman–Crippen LogP) is 3.18. The number of hydrogen-bond donors (Lipinski definition) is 2. The molecule has 2 aromatic carbocycles. The molecule has 2 aromatic rings. The first kappa shape index (κ1) is 16.1. The van der Waals surface area contributed by atoms with Crippen LogP contribution in [0.2, 0.25) is 10.0 Å². The second kappa shape index (κ2) is 7.68. The van der Waals surface area contributed by atoms with Crippen molar-refractivity contribution in [3.8, 4) is 5.75 Å². The fourth-order valence-electron chi connectivity index (χ4n) is 1.61. The number of halogens is 2. The number of benzene rings is 2. The monoisotopic (exact) mass is 336 g/mol. The Morgan fingerprint density at radius 1 is 1.09 bits per heavy atom. The minimum atomic E-state index is -0.0870. The smallest absolute Gasteiger partial charge is 0.211 e. The lowest BCUT2D eigenvalue weighted by Gasteiger charge is -2.08. The maximum atomic E-state index is 6.09. The largest absolute Gasteiger partial charge is 0.489 e. The number of guanidine groups is 1. The van der Waals surface area contributed by atoms with Gasteiger partial charge in [0, 0.05) is 15.6 Å². The van der Waals surface area contributed by atoms with Crippen LogP contribution in [0.5, 0.6) is 5.75 Å². The van der Waals surface area contributed by atoms with Crippen LogP contribution in [0.3, 0.4) is 0 Å². The van der Waals surface area contributed by atoms with Crippen molar-refractivity contribution in [2.24, 2.45) is 21.7 Å². The van der Waals surface area contributed by atoms with Crippen LogP contribution in [-0.4, -0.2) is 12.2 Å². The van der Waals surface area contributed by atoms with Crippen LogP contribution >= 0.6 is 23.2 Å². The number of nitrogens with two attached hydrogens (primary N) is 2. The lowest BCUT2D eigenvalue weighted by Crippen LogP contribution is -2.21. The second-order valence-corrected chi connectivity index (χ2v) is 5.21. The van der Waals surface area contributed by atoms with E-state index in [1.807, 2.05) is 30.3 Å². The van der Waals surface area contributed by atoms with Gasteiger partial charge in [-0.15, -0.1) is 5.10 Å². The molecule has 4 N–H and O–H groups in total. The summed E-state index contributed by atoms with van der Waals surface area (Å²) in [5.41, 5.74) is 12.1. The third-order valence-corrected chi connectivity index (χ3v) is 3.26. The van der Waals surface area contributed by atoms with Crippen LogP contribution < -0.4 is 16.2 Å². The van der Waals surface area contributed by atoms with E-state index in [0.29, 0.717) is 22.4 Å². The molecule has 0 unspecified atom stereocenters. The molecule has 0 aliphatic carbocycles. The number of hydrogen-bond acceptors (Lipinski definition) is 3. The summed E-state index contributed by atoms with van der Waals surface area (Å²) < 4.78 is 5.67. The van der Waals surface area contributed by atoms with Crippen molar-refractivity contribution in [1.82, 2.24) is 0 Å². The van der Waals surface area contributed by atoms with Crippen molar-refractivity contribution < 1.29 is 4.74 Å². The molecule has 0 saturated carbocycles. The van der Waals surface area contributed by atoms with E-state index in [2.05, 4.69) is 10.2 Å². The lowest BCUT2D eigenvalue weighted by molar-refractivity contribution is 0.306. The second-order valence-electron chi connectivity index (χ2n) is 4.36. The minimum absolute atomic E-state index is 0.0870. The van der Waals surface area contributed by atoms with Gasteiger partial charge in [-0.3, -0.25) is 0 Å². The Balaban J connectivity index is 1.96. The SMILES string of the molecule is NC(N)=N/N=C/c1ccc(OCc2ccc(Cl)cc2Cl)cc1. The zero-order valence-electron chi connectivity index (χ0n) is 11.5. The van der Waals surface area contributed by atoms with Gasteiger partial charge in [0.2, 0.25) is 5.96 Å². The van der Waals surface area contributed by atoms with Crippen molar-refractivity contribution >= 4 is 35.4 Å². The first-order chi connectivity index (χ1) is 10.5. The van der Waals surface area contributed by atoms with Gasteiger partial charge >= 0.3 is 0 Å². The highest BCUT2D eigenvalue weighted by atomic mass is 35.5. The maximum Gasteiger partial charge on any atom is 0.211 e. The molecular weight excluding hydrogens is 323 g/mol. The quantitative estimate of drug-likeness (QED) is 0.499. The number of nitrogens with zero attached hydrogens (tertiary/aromatic N) is 2. The third kappa shape index (κ3) is 4.95. The van der Waals surface area contributed by atoms with Crippen molar-refractivity contribution in [1.29, 1.82) is 0 Å². The van der Waals surface area contributed by atoms with Crippen molar-refractivity contribution in [2.45, 2.75) is 6.61 Å². The summed E-state index contributed by atoms with van der Waals surface area (Å²) in [6.45, 7) is 0.359. The van der Waals surface area contributed by atoms with E-state index in [4.69, 9.17) is 39.4 Å². The molecule has 0 aliphatic heterocycles. The predicted molar refractivity (Wildman–Crippen MR) is 90.6 cm³/mol. The Bertz CT molecular complexity index is 695. The summed E-state index contributed by atoms with van der Waals surface area (Å²) in [6, 6.07) is 12.6. The first-order valence-electron chi connectivity index (χ1n) is 6.33. The molecule has 5 nitrogen and oxygen atoms in total. The Labute approximate surface area is 138 Å². The van der Waals surface area contributed by atoms with Gasteiger partial charge in [0.15, 0.2) is 0 Å². The summed E-state index contributed by atoms with van der Waals surface area (Å²) in [7, 11) is 0. The van der Waals surface area contributed by atoms with Gasteiger partial charge in [-0.2, -0.15) is 5.10 Å². The Morgan fingerprint density at radius 2 is 1.82 bits per heavy atom. The Kier molecular flexibility index (Phi) is 5.63. The Morgan fingerprint density at radius 3 is 2.45 bits per heavy atom. The molecule has 0 radical (unpaired) electrons. The highest BCUT2D eigenvalue weighted by Gasteiger charge is 2.02. The first-order valence-corrected chi connectivity index (χ1v) is 7.09. The normalized spacial score (nSPS) is 10.6. The summed E-state index contributed by atoms with van der Waals surface area (Å²) >= 11 is 11.9. The molecular formula is C15H14Cl2N4O. The zero-order valence-corrected chi connectivity index (χ0v) is 13.1. The van der Waals surface area contributed by atoms with Crippen LogP contribution in [0.1, 0.15) is 11.1 Å². The van der Waals surface area contributed by atoms with Gasteiger partial charge in [-0.25, -0.2) is 0 Å². The van der Waals surface area contributed by atoms with E-state index in [1.54, 1.807) is 18.3 Å². The molecule has 0 heterocycles. The average Bonchev–Trinajstić information content (AvgIpc) is 2.47. The molecule has 114 valence electrons. The standard InChI is InChI=1S/C15H14Cl2N4O/c16-12-4-3-11(14(17)7-12)9-22-13-5-1-10(2-6-13)8-20-21-15(18)19/h1-8H,9H2,(H4,18,19,21)/b20-8+. The van der Waals surface area contributed by atoms with E-state index in [1.165, 1.54) is 0 Å². The van der Waals surface area contributed by atoms with Gasteiger partial charge in [0.25, 0.3) is 0 Å². The molecule has 2 rings (SSSR count). The summed E-state index contributed by atoms with van der Waals surface area (Å²) in [6.07, 6.45) is 1.54. The molecule has 0 fully saturated rings. The van der Waals surface area contributed by atoms with Crippen LogP contribution in [0.15, 0.2) is 52.7 Å². The van der Waals surface area contributed by atoms with Gasteiger partial charge in [0.1, 0.15) is 12.4 Å². The summed E-state index contributed by atoms with van der Waals surface area (Å²) in [4.78, 5) is 0. The van der Waals surface area contributed by atoms with Gasteiger partial charge in [-0.1, -0.05) is 29.3 Å². The lowest BCUT2D eigenvalue weighted by atomic mass is 10.2. The molecule has 0 aromatic heterocycles. The number of rotatable bonds is 5. The highest BCUT2D eigenvalue weighted by molar-refractivity contribution is 6.35. The van der Waals surface area contributed by atoms with Gasteiger partial charge in [0.05, 0.1) is 6.21 Å². The van der Waals surface area contributed by atoms with Crippen molar-refractivity contribution in [3.05, 3.63) is 63.6 Å². The molecule has 0 spiro atoms. The fraction of sp³-hybridized carbons (Fsp3) is 0.0667. The van der Waals surface area contributed by atoms with Crippen LogP contribution in [-0.2, 0) is 6.61 Å². The zero-order chi connectivity index (χ0) is 15.9. The van der Waals surface area contributed by atoms with Gasteiger partial charge in [-0.05, 0) is 42.0 Å². The Hall–Kier alpha value is -2.24. The van der Waals surface area contributed by atoms with Gasteiger partial charge < -0.3 is 16.2 Å². The molecule has 22 heavy (non-hydrogen) atoms. The summed E-state index contributed by atoms with van der Waals surface area (Å²) in [5, 5.41) is 8.42. The van der Waals surface area contributed by atoms with Crippen molar-refractivity contribution in [3.63, 3.8) is 0 Å². The van der Waals surface area contributed by atoms with E-state index in [-0.39, 0.29) is 5.96 Å². The van der Waals surface area contributed by atoms with E-state index in [0.717, 1.165) is 11.1 Å². The van der Waals surface area contributed by atoms with E-state index >= 15 is 0 Å². The van der Waals surface area contributed by atoms with Crippen molar-refractivity contribution in [2.75, 3.05) is 0 Å². The molecule has 7 heteroatoms. The molecule has 0 saturated heterocycles. The maximum absolute atomic E-state index is 6.09. The third-order valence-electron chi connectivity index (χ3n) is 2.67. The van der Waals surface area contributed by atoms with Crippen LogP contribution in [0.25, 0.3) is 0 Å². The molecule has 0 atom stereocenters. The molecule has 0 aliphatic rings. The average molecular weight is 337 g/mol. The van der Waals surface area contributed by atoms with Crippen LogP contribution in [0.4, 0.5) is 0 Å². The van der Waals surface area contributed by atoms with E-state index < -0.39 is 0 Å². The summed E-state index contributed by atoms with van der Waals surface area (Å²) in [5.74, 6) is 0.626. The molecule has 0 bridgehead atoms. The minimum Gasteiger partial charge on any atom is -0.489 e. The fourth-order valence-corrected chi connectivity index (χ4v) is 2.08. The van der Waals surface area contributed by atoms with Crippen LogP contribution in [0, 0.1) is 0 Å². The number of ether oxygens (including phenoxy) is 1. The molecule has 0 amide bonds. The topological polar surface area (TPSA) is 86.0 Å².